The van der Waals surface area contributed by atoms with Gasteiger partial charge in [-0.15, -0.1) is 0 Å². The summed E-state index contributed by atoms with van der Waals surface area (Å²) in [6.45, 7) is 4.29. The van der Waals surface area contributed by atoms with Gasteiger partial charge in [-0.3, -0.25) is 19.5 Å². The van der Waals surface area contributed by atoms with Gasteiger partial charge in [0.2, 0.25) is 5.91 Å². The minimum atomic E-state index is -0.209. The van der Waals surface area contributed by atoms with Gasteiger partial charge in [0.25, 0.3) is 5.91 Å². The van der Waals surface area contributed by atoms with Crippen LogP contribution in [0.2, 0.25) is 0 Å². The lowest BCUT2D eigenvalue weighted by atomic mass is 10.1. The highest BCUT2D eigenvalue weighted by atomic mass is 16.5. The van der Waals surface area contributed by atoms with Crippen molar-refractivity contribution in [2.45, 2.75) is 18.9 Å². The Labute approximate surface area is 187 Å². The summed E-state index contributed by atoms with van der Waals surface area (Å²) >= 11 is 0. The molecule has 4 heterocycles. The number of aromatic nitrogens is 2. The van der Waals surface area contributed by atoms with E-state index in [1.165, 1.54) is 0 Å². The van der Waals surface area contributed by atoms with E-state index >= 15 is 0 Å². The van der Waals surface area contributed by atoms with Gasteiger partial charge in [0.15, 0.2) is 0 Å². The number of anilines is 2. The Kier molecular flexibility index (Phi) is 6.00. The first-order valence-corrected chi connectivity index (χ1v) is 11.2. The number of rotatable bonds is 7. The van der Waals surface area contributed by atoms with E-state index in [1.807, 2.05) is 18.2 Å². The molecule has 2 aromatic heterocycles. The van der Waals surface area contributed by atoms with Crippen LogP contribution in [0.25, 0.3) is 0 Å². The fourth-order valence-corrected chi connectivity index (χ4v) is 4.24. The fraction of sp³-hybridized carbons (Fsp3) is 0.478. The fourth-order valence-electron chi connectivity index (χ4n) is 4.24. The highest BCUT2D eigenvalue weighted by molar-refractivity contribution is 6.04. The quantitative estimate of drug-likeness (QED) is 0.678. The van der Waals surface area contributed by atoms with Crippen LogP contribution in [-0.2, 0) is 9.53 Å². The maximum absolute atomic E-state index is 13.0. The number of nitrogens with one attached hydrogen (secondary N) is 2. The molecule has 1 saturated carbocycles. The molecular formula is C23H28N6O3. The number of carbonyl (C=O) groups excluding carboxylic acids is 2. The van der Waals surface area contributed by atoms with Crippen molar-refractivity contribution in [3.63, 3.8) is 0 Å². The van der Waals surface area contributed by atoms with Crippen molar-refractivity contribution in [1.82, 2.24) is 20.2 Å². The van der Waals surface area contributed by atoms with Crippen molar-refractivity contribution in [3.05, 3.63) is 47.9 Å². The Balaban J connectivity index is 1.31. The molecule has 0 radical (unpaired) electrons. The van der Waals surface area contributed by atoms with Crippen LogP contribution in [0.4, 0.5) is 11.5 Å². The van der Waals surface area contributed by atoms with Crippen LogP contribution in [0.15, 0.2) is 36.7 Å². The number of ether oxygens (including phenoxy) is 1. The maximum atomic E-state index is 13.0. The Morgan fingerprint density at radius 3 is 2.84 bits per heavy atom. The van der Waals surface area contributed by atoms with Crippen LogP contribution in [0.1, 0.15) is 34.9 Å². The van der Waals surface area contributed by atoms with Gasteiger partial charge in [-0.25, -0.2) is 4.98 Å². The molecule has 0 spiro atoms. The molecule has 0 aromatic carbocycles. The Morgan fingerprint density at radius 2 is 2.09 bits per heavy atom. The van der Waals surface area contributed by atoms with E-state index in [9.17, 15) is 9.59 Å². The summed E-state index contributed by atoms with van der Waals surface area (Å²) in [6.07, 6.45) is 5.64. The molecule has 0 bridgehead atoms. The zero-order valence-electron chi connectivity index (χ0n) is 18.0. The van der Waals surface area contributed by atoms with E-state index in [4.69, 9.17) is 4.74 Å². The van der Waals surface area contributed by atoms with Crippen molar-refractivity contribution in [2.75, 3.05) is 56.2 Å². The van der Waals surface area contributed by atoms with Gasteiger partial charge in [0.1, 0.15) is 5.82 Å². The molecule has 9 nitrogen and oxygen atoms in total. The molecule has 1 atom stereocenters. The molecule has 168 valence electrons. The van der Waals surface area contributed by atoms with E-state index in [2.05, 4.69) is 25.5 Å². The molecule has 32 heavy (non-hydrogen) atoms. The molecule has 1 saturated heterocycles. The number of nitrogens with zero attached hydrogens (tertiary/aromatic N) is 4. The van der Waals surface area contributed by atoms with Crippen LogP contribution in [0.5, 0.6) is 0 Å². The second-order valence-electron chi connectivity index (χ2n) is 8.52. The van der Waals surface area contributed by atoms with Crippen LogP contribution < -0.4 is 15.5 Å². The summed E-state index contributed by atoms with van der Waals surface area (Å²) in [6, 6.07) is 7.57. The lowest BCUT2D eigenvalue weighted by molar-refractivity contribution is -0.117. The molecule has 2 fully saturated rings. The Hall–Kier alpha value is -3.04. The topological polar surface area (TPSA) is 99.7 Å². The van der Waals surface area contributed by atoms with Crippen LogP contribution in [0, 0.1) is 5.92 Å². The monoisotopic (exact) mass is 436 g/mol. The first-order valence-electron chi connectivity index (χ1n) is 11.2. The molecule has 1 aliphatic carbocycles. The highest BCUT2D eigenvalue weighted by Gasteiger charge is 2.32. The van der Waals surface area contributed by atoms with Crippen molar-refractivity contribution in [1.29, 1.82) is 0 Å². The van der Waals surface area contributed by atoms with Gasteiger partial charge in [0.05, 0.1) is 42.7 Å². The van der Waals surface area contributed by atoms with Gasteiger partial charge in [-0.1, -0.05) is 6.07 Å². The summed E-state index contributed by atoms with van der Waals surface area (Å²) in [5.41, 5.74) is 2.06. The van der Waals surface area contributed by atoms with Crippen molar-refractivity contribution in [2.24, 2.45) is 5.92 Å². The number of fused-ring (bicyclic) bond motifs is 1. The van der Waals surface area contributed by atoms with E-state index in [-0.39, 0.29) is 24.4 Å². The van der Waals surface area contributed by atoms with Crippen molar-refractivity contribution in [3.8, 4) is 0 Å². The molecule has 2 aromatic rings. The third-order valence-electron chi connectivity index (χ3n) is 6.24. The standard InChI is InChI=1S/C23H28N6O3/c30-21-14-26-22-19(29(21)15-16-4-5-16)11-17(12-25-22)23(31)27-13-20(18-3-1-2-6-24-18)28-7-9-32-10-8-28/h1-3,6,11-12,16,20H,4-5,7-10,13-15H2,(H,25,26)(H,27,31). The van der Waals surface area contributed by atoms with Crippen molar-refractivity contribution < 1.29 is 14.3 Å². The average molecular weight is 437 g/mol. The maximum Gasteiger partial charge on any atom is 0.252 e. The summed E-state index contributed by atoms with van der Waals surface area (Å²) in [5, 5.41) is 6.11. The lowest BCUT2D eigenvalue weighted by Gasteiger charge is -2.34. The normalized spacial score (nSPS) is 19.8. The minimum absolute atomic E-state index is 0.0197. The molecule has 9 heteroatoms. The van der Waals surface area contributed by atoms with E-state index < -0.39 is 0 Å². The Bertz CT molecular complexity index is 975. The zero-order valence-corrected chi connectivity index (χ0v) is 18.0. The molecular weight excluding hydrogens is 408 g/mol. The summed E-state index contributed by atoms with van der Waals surface area (Å²) in [5.74, 6) is 1.02. The number of hydrogen-bond acceptors (Lipinski definition) is 7. The number of morpholine rings is 1. The van der Waals surface area contributed by atoms with Gasteiger partial charge >= 0.3 is 0 Å². The van der Waals surface area contributed by atoms with Crippen LogP contribution >= 0.6 is 0 Å². The third-order valence-corrected chi connectivity index (χ3v) is 6.24. The largest absolute Gasteiger partial charge is 0.379 e. The van der Waals surface area contributed by atoms with Crippen molar-refractivity contribution >= 4 is 23.3 Å². The first-order chi connectivity index (χ1) is 15.7. The van der Waals surface area contributed by atoms with Gasteiger partial charge in [-0.05, 0) is 37.0 Å². The van der Waals surface area contributed by atoms with Gasteiger partial charge in [0, 0.05) is 38.6 Å². The van der Waals surface area contributed by atoms with Gasteiger partial charge in [-0.2, -0.15) is 0 Å². The van der Waals surface area contributed by atoms with Crippen LogP contribution in [0.3, 0.4) is 0 Å². The predicted molar refractivity (Wildman–Crippen MR) is 120 cm³/mol. The molecule has 1 unspecified atom stereocenters. The Morgan fingerprint density at radius 1 is 1.25 bits per heavy atom. The number of carbonyl (C=O) groups is 2. The molecule has 3 aliphatic rings. The molecule has 2 N–H and O–H groups in total. The zero-order chi connectivity index (χ0) is 21.9. The number of pyridine rings is 2. The number of hydrogen-bond donors (Lipinski definition) is 2. The molecule has 2 aliphatic heterocycles. The van der Waals surface area contributed by atoms with Crippen LogP contribution in [-0.4, -0.2) is 72.6 Å². The SMILES string of the molecule is O=C(NCC(c1ccccn1)N1CCOCC1)c1cnc2c(c1)N(CC1CC1)C(=O)CN2. The predicted octanol–water partition coefficient (Wildman–Crippen LogP) is 1.45. The smallest absolute Gasteiger partial charge is 0.252 e. The first kappa shape index (κ1) is 20.8. The highest BCUT2D eigenvalue weighted by Crippen LogP contribution is 2.35. The second kappa shape index (κ2) is 9.22. The second-order valence-corrected chi connectivity index (χ2v) is 8.52. The van der Waals surface area contributed by atoms with E-state index in [0.717, 1.165) is 31.6 Å². The average Bonchev–Trinajstić information content (AvgIpc) is 3.66. The molecule has 5 rings (SSSR count). The van der Waals surface area contributed by atoms with Gasteiger partial charge < -0.3 is 20.3 Å². The molecule has 2 amide bonds. The lowest BCUT2D eigenvalue weighted by Crippen LogP contribution is -2.44. The summed E-state index contributed by atoms with van der Waals surface area (Å²) < 4.78 is 5.49. The number of amides is 2. The third kappa shape index (κ3) is 4.58. The van der Waals surface area contributed by atoms with E-state index in [1.54, 1.807) is 23.4 Å². The minimum Gasteiger partial charge on any atom is -0.379 e. The summed E-state index contributed by atoms with van der Waals surface area (Å²) in [4.78, 5) is 38.5. The summed E-state index contributed by atoms with van der Waals surface area (Å²) in [7, 11) is 0. The van der Waals surface area contributed by atoms with E-state index in [0.29, 0.717) is 49.3 Å².